The summed E-state index contributed by atoms with van der Waals surface area (Å²) in [5.74, 6) is -0.00000152. The number of ether oxygens (including phenoxy) is 2. The Morgan fingerprint density at radius 2 is 1.58 bits per heavy atom. The van der Waals surface area contributed by atoms with Gasteiger partial charge in [0.1, 0.15) is 18.2 Å². The van der Waals surface area contributed by atoms with Crippen LogP contribution in [0.2, 0.25) is 0 Å². The van der Waals surface area contributed by atoms with E-state index in [4.69, 9.17) is 9.47 Å². The zero-order valence-corrected chi connectivity index (χ0v) is 20.4. The third-order valence-corrected chi connectivity index (χ3v) is 6.17. The normalized spacial score (nSPS) is 13.6. The Hall–Kier alpha value is -2.80. The van der Waals surface area contributed by atoms with Gasteiger partial charge in [-0.1, -0.05) is 60.3 Å². The summed E-state index contributed by atoms with van der Waals surface area (Å²) >= 11 is 1.20. The number of nitrogens with one attached hydrogen (secondary N) is 1. The van der Waals surface area contributed by atoms with E-state index < -0.39 is 23.7 Å². The Morgan fingerprint density at radius 3 is 2.12 bits per heavy atom. The van der Waals surface area contributed by atoms with Crippen LogP contribution in [-0.4, -0.2) is 41.2 Å². The molecule has 1 unspecified atom stereocenters. The van der Waals surface area contributed by atoms with E-state index in [2.05, 4.69) is 29.6 Å². The molecule has 1 aliphatic rings. The molecule has 176 valence electrons. The van der Waals surface area contributed by atoms with Crippen molar-refractivity contribution in [2.45, 2.75) is 58.1 Å². The fourth-order valence-corrected chi connectivity index (χ4v) is 4.51. The van der Waals surface area contributed by atoms with Crippen molar-refractivity contribution in [1.82, 2.24) is 5.32 Å². The lowest BCUT2D eigenvalue weighted by Crippen LogP contribution is -2.44. The van der Waals surface area contributed by atoms with Crippen molar-refractivity contribution in [3.63, 3.8) is 0 Å². The van der Waals surface area contributed by atoms with E-state index in [1.54, 1.807) is 20.8 Å². The molecule has 0 aliphatic heterocycles. The molecule has 6 nitrogen and oxygen atoms in total. The van der Waals surface area contributed by atoms with Crippen LogP contribution in [0.4, 0.5) is 4.79 Å². The van der Waals surface area contributed by atoms with Crippen molar-refractivity contribution < 1.29 is 23.9 Å². The molecule has 2 aromatic rings. The number of hydrogen-bond acceptors (Lipinski definition) is 6. The lowest BCUT2D eigenvalue weighted by Gasteiger charge is -2.24. The first-order valence-corrected chi connectivity index (χ1v) is 12.1. The number of esters is 1. The molecular formula is C26H31NO5S. The Kier molecular flexibility index (Phi) is 8.19. The highest BCUT2D eigenvalue weighted by atomic mass is 32.2. The summed E-state index contributed by atoms with van der Waals surface area (Å²) in [6.07, 6.45) is 0.281. The molecule has 33 heavy (non-hydrogen) atoms. The molecule has 1 N–H and O–H groups in total. The van der Waals surface area contributed by atoms with Gasteiger partial charge in [-0.15, -0.1) is 0 Å². The molecule has 0 fully saturated rings. The van der Waals surface area contributed by atoms with Crippen molar-refractivity contribution in [3.8, 4) is 11.1 Å². The van der Waals surface area contributed by atoms with Crippen molar-refractivity contribution in [1.29, 1.82) is 0 Å². The van der Waals surface area contributed by atoms with Gasteiger partial charge in [0.05, 0.1) is 0 Å². The molecule has 1 atom stereocenters. The summed E-state index contributed by atoms with van der Waals surface area (Å²) in [7, 11) is 0. The summed E-state index contributed by atoms with van der Waals surface area (Å²) < 4.78 is 11.0. The monoisotopic (exact) mass is 469 g/mol. The van der Waals surface area contributed by atoms with Gasteiger partial charge in [-0.2, -0.15) is 0 Å². The number of rotatable bonds is 8. The highest BCUT2D eigenvalue weighted by molar-refractivity contribution is 8.13. The van der Waals surface area contributed by atoms with Gasteiger partial charge in [-0.25, -0.2) is 9.59 Å². The molecule has 0 radical (unpaired) electrons. The van der Waals surface area contributed by atoms with Gasteiger partial charge in [0, 0.05) is 18.6 Å². The molecule has 0 aromatic heterocycles. The standard InChI is InChI=1S/C26H31NO5S/c1-17(28)33-15-9-14-23(24(29)32-26(2,3)4)27-25(30)31-16-22-20-12-7-5-10-18(20)19-11-6-8-13-21(19)22/h5-8,10-13,22-23H,9,14-16H2,1-4H3,(H,27,30). The van der Waals surface area contributed by atoms with Crippen LogP contribution < -0.4 is 5.32 Å². The van der Waals surface area contributed by atoms with E-state index in [0.717, 1.165) is 22.3 Å². The molecule has 7 heteroatoms. The van der Waals surface area contributed by atoms with Gasteiger partial charge in [0.15, 0.2) is 5.12 Å². The Labute approximate surface area is 199 Å². The number of carbonyl (C=O) groups is 3. The van der Waals surface area contributed by atoms with Gasteiger partial charge < -0.3 is 14.8 Å². The fraction of sp³-hybridized carbons (Fsp3) is 0.423. The number of alkyl carbamates (subject to hydrolysis) is 1. The maximum absolute atomic E-state index is 12.6. The predicted molar refractivity (Wildman–Crippen MR) is 130 cm³/mol. The lowest BCUT2D eigenvalue weighted by molar-refractivity contribution is -0.157. The molecule has 0 spiro atoms. The zero-order valence-electron chi connectivity index (χ0n) is 19.6. The topological polar surface area (TPSA) is 81.7 Å². The summed E-state index contributed by atoms with van der Waals surface area (Å²) in [6, 6.07) is 15.4. The first-order valence-electron chi connectivity index (χ1n) is 11.1. The second kappa shape index (κ2) is 10.9. The number of thioether (sulfide) groups is 1. The van der Waals surface area contributed by atoms with E-state index in [1.807, 2.05) is 24.3 Å². The third-order valence-electron chi connectivity index (χ3n) is 5.27. The van der Waals surface area contributed by atoms with Gasteiger partial charge in [0.25, 0.3) is 0 Å². The van der Waals surface area contributed by atoms with Crippen LogP contribution in [0.1, 0.15) is 57.6 Å². The van der Waals surface area contributed by atoms with Crippen molar-refractivity contribution in [2.75, 3.05) is 12.4 Å². The van der Waals surface area contributed by atoms with Gasteiger partial charge >= 0.3 is 12.1 Å². The number of benzene rings is 2. The highest BCUT2D eigenvalue weighted by Gasteiger charge is 2.30. The molecule has 2 aromatic carbocycles. The maximum atomic E-state index is 12.6. The predicted octanol–water partition coefficient (Wildman–Crippen LogP) is 5.30. The number of fused-ring (bicyclic) bond motifs is 3. The van der Waals surface area contributed by atoms with Gasteiger partial charge in [-0.3, -0.25) is 4.79 Å². The van der Waals surface area contributed by atoms with Crippen molar-refractivity contribution >= 4 is 28.9 Å². The number of hydrogen-bond donors (Lipinski definition) is 1. The van der Waals surface area contributed by atoms with E-state index in [9.17, 15) is 14.4 Å². The molecule has 3 rings (SSSR count). The number of amides is 1. The molecule has 1 aliphatic carbocycles. The fourth-order valence-electron chi connectivity index (χ4n) is 3.91. The summed E-state index contributed by atoms with van der Waals surface area (Å²) in [4.78, 5) is 36.4. The van der Waals surface area contributed by atoms with Gasteiger partial charge in [0.2, 0.25) is 0 Å². The van der Waals surface area contributed by atoms with E-state index in [0.29, 0.717) is 18.6 Å². The summed E-state index contributed by atoms with van der Waals surface area (Å²) in [5.41, 5.74) is 3.87. The Morgan fingerprint density at radius 1 is 1.00 bits per heavy atom. The molecule has 0 bridgehead atoms. The minimum Gasteiger partial charge on any atom is -0.458 e. The second-order valence-corrected chi connectivity index (χ2v) is 10.3. The summed E-state index contributed by atoms with van der Waals surface area (Å²) in [6.45, 7) is 7.01. The Bertz CT molecular complexity index is 968. The second-order valence-electron chi connectivity index (χ2n) is 9.04. The van der Waals surface area contributed by atoms with Crippen molar-refractivity contribution in [3.05, 3.63) is 59.7 Å². The molecule has 0 heterocycles. The molecule has 0 saturated heterocycles. The third kappa shape index (κ3) is 6.84. The minimum absolute atomic E-state index is 0.0216. The van der Waals surface area contributed by atoms with Crippen LogP contribution in [0.15, 0.2) is 48.5 Å². The summed E-state index contributed by atoms with van der Waals surface area (Å²) in [5, 5.41) is 2.69. The van der Waals surface area contributed by atoms with Gasteiger partial charge in [-0.05, 0) is 55.9 Å². The van der Waals surface area contributed by atoms with E-state index >= 15 is 0 Å². The van der Waals surface area contributed by atoms with Crippen LogP contribution >= 0.6 is 11.8 Å². The zero-order chi connectivity index (χ0) is 24.0. The molecular weight excluding hydrogens is 438 g/mol. The van der Waals surface area contributed by atoms with Crippen molar-refractivity contribution in [2.24, 2.45) is 0 Å². The molecule has 0 saturated carbocycles. The smallest absolute Gasteiger partial charge is 0.407 e. The first kappa shape index (κ1) is 24.8. The van der Waals surface area contributed by atoms with E-state index in [1.165, 1.54) is 18.7 Å². The van der Waals surface area contributed by atoms with Crippen LogP contribution in [-0.2, 0) is 19.1 Å². The SMILES string of the molecule is CC(=O)SCCCC(NC(=O)OCC1c2ccccc2-c2ccccc21)C(=O)OC(C)(C)C. The largest absolute Gasteiger partial charge is 0.458 e. The number of carbonyl (C=O) groups excluding carboxylic acids is 3. The Balaban J connectivity index is 1.63. The highest BCUT2D eigenvalue weighted by Crippen LogP contribution is 2.44. The van der Waals surface area contributed by atoms with Crippen LogP contribution in [0.5, 0.6) is 0 Å². The quantitative estimate of drug-likeness (QED) is 0.418. The lowest BCUT2D eigenvalue weighted by atomic mass is 9.98. The maximum Gasteiger partial charge on any atom is 0.407 e. The first-order chi connectivity index (χ1) is 15.7. The van der Waals surface area contributed by atoms with Crippen LogP contribution in [0, 0.1) is 0 Å². The van der Waals surface area contributed by atoms with Crippen LogP contribution in [0.25, 0.3) is 11.1 Å². The average molecular weight is 470 g/mol. The average Bonchev–Trinajstić information content (AvgIpc) is 3.07. The minimum atomic E-state index is -0.840. The van der Waals surface area contributed by atoms with Crippen LogP contribution in [0.3, 0.4) is 0 Å². The molecule has 1 amide bonds. The van der Waals surface area contributed by atoms with E-state index in [-0.39, 0.29) is 17.6 Å².